The quantitative estimate of drug-likeness (QED) is 0.577. The second-order valence-corrected chi connectivity index (χ2v) is 7.10. The third-order valence-corrected chi connectivity index (χ3v) is 5.08. The number of hydrogen-bond acceptors (Lipinski definition) is 7. The molecule has 2 heterocycles. The lowest BCUT2D eigenvalue weighted by atomic mass is 10.1. The van der Waals surface area contributed by atoms with Crippen molar-refractivity contribution in [2.45, 2.75) is 0 Å². The molecule has 154 valence electrons. The van der Waals surface area contributed by atoms with E-state index in [1.165, 1.54) is 0 Å². The average molecular weight is 426 g/mol. The van der Waals surface area contributed by atoms with E-state index in [1.807, 2.05) is 18.2 Å². The first-order chi connectivity index (χ1) is 14.5. The van der Waals surface area contributed by atoms with E-state index >= 15 is 0 Å². The number of anilines is 3. The number of phenolic OH excluding ortho intramolecular Hbond substituents is 1. The maximum Gasteiger partial charge on any atom is 0.240 e. The number of halogens is 1. The number of aromatic nitrogens is 2. The summed E-state index contributed by atoms with van der Waals surface area (Å²) in [6.45, 7) is 1.69. The number of carbonyl (C=O) groups excluding carboxylic acids is 1. The molecule has 3 N–H and O–H groups in total. The van der Waals surface area contributed by atoms with E-state index in [1.54, 1.807) is 42.6 Å². The molecule has 1 aromatic heterocycles. The van der Waals surface area contributed by atoms with Crippen LogP contribution in [0.5, 0.6) is 11.5 Å². The van der Waals surface area contributed by atoms with Crippen LogP contribution in [0.25, 0.3) is 11.1 Å². The summed E-state index contributed by atoms with van der Waals surface area (Å²) in [6.07, 6.45) is 3.30. The maximum atomic E-state index is 12.1. The molecular weight excluding hydrogens is 406 g/mol. The Morgan fingerprint density at radius 1 is 1.17 bits per heavy atom. The fourth-order valence-corrected chi connectivity index (χ4v) is 3.30. The Hall–Kier alpha value is -3.36. The van der Waals surface area contributed by atoms with Gasteiger partial charge >= 0.3 is 0 Å². The first kappa shape index (κ1) is 19.9. The summed E-state index contributed by atoms with van der Waals surface area (Å²) in [5, 5.41) is 16.3. The lowest BCUT2D eigenvalue weighted by molar-refractivity contribution is -0.118. The molecule has 1 fully saturated rings. The molecule has 1 aliphatic rings. The van der Waals surface area contributed by atoms with Gasteiger partial charge in [-0.15, -0.1) is 0 Å². The standard InChI is InChI=1S/C21H20ClN5O3/c1-30-19-9-15(27-7-6-23-12-20(27)29)3-5-17(19)26-21-24-10-14(11-25-21)13-2-4-16(22)18(28)8-13/h2-5,8-11,23,28H,6-7,12H2,1H3,(H,24,25,26). The molecule has 0 aliphatic carbocycles. The van der Waals surface area contributed by atoms with Gasteiger partial charge in [-0.2, -0.15) is 0 Å². The summed E-state index contributed by atoms with van der Waals surface area (Å²) in [4.78, 5) is 22.5. The van der Waals surface area contributed by atoms with Gasteiger partial charge in [-0.3, -0.25) is 4.79 Å². The summed E-state index contributed by atoms with van der Waals surface area (Å²) >= 11 is 5.85. The number of methoxy groups -OCH3 is 1. The average Bonchev–Trinajstić information content (AvgIpc) is 2.77. The minimum Gasteiger partial charge on any atom is -0.506 e. The van der Waals surface area contributed by atoms with Gasteiger partial charge in [0.2, 0.25) is 11.9 Å². The van der Waals surface area contributed by atoms with Crippen LogP contribution >= 0.6 is 11.6 Å². The predicted octanol–water partition coefficient (Wildman–Crippen LogP) is 3.19. The van der Waals surface area contributed by atoms with Gasteiger partial charge in [-0.05, 0) is 29.8 Å². The molecule has 3 aromatic rings. The van der Waals surface area contributed by atoms with Gasteiger partial charge in [-0.1, -0.05) is 17.7 Å². The lowest BCUT2D eigenvalue weighted by Crippen LogP contribution is -2.48. The van der Waals surface area contributed by atoms with Gasteiger partial charge in [-0.25, -0.2) is 9.97 Å². The van der Waals surface area contributed by atoms with E-state index in [0.717, 1.165) is 23.4 Å². The van der Waals surface area contributed by atoms with Crippen LogP contribution in [0.4, 0.5) is 17.3 Å². The number of amides is 1. The molecule has 9 heteroatoms. The van der Waals surface area contributed by atoms with Gasteiger partial charge in [0.05, 0.1) is 24.4 Å². The van der Waals surface area contributed by atoms with Crippen molar-refractivity contribution in [3.63, 3.8) is 0 Å². The second kappa shape index (κ2) is 8.56. The molecule has 0 radical (unpaired) electrons. The second-order valence-electron chi connectivity index (χ2n) is 6.69. The molecule has 0 unspecified atom stereocenters. The Bertz CT molecular complexity index is 1070. The Labute approximate surface area is 178 Å². The zero-order valence-electron chi connectivity index (χ0n) is 16.2. The predicted molar refractivity (Wildman–Crippen MR) is 116 cm³/mol. The van der Waals surface area contributed by atoms with E-state index in [4.69, 9.17) is 16.3 Å². The SMILES string of the molecule is COc1cc(N2CCNCC2=O)ccc1Nc1ncc(-c2ccc(Cl)c(O)c2)cn1. The molecule has 0 atom stereocenters. The molecule has 4 rings (SSSR count). The molecule has 0 spiro atoms. The highest BCUT2D eigenvalue weighted by Crippen LogP contribution is 2.32. The number of hydrogen-bond donors (Lipinski definition) is 3. The maximum absolute atomic E-state index is 12.1. The molecule has 1 aliphatic heterocycles. The third-order valence-electron chi connectivity index (χ3n) is 4.76. The normalized spacial score (nSPS) is 13.9. The zero-order valence-corrected chi connectivity index (χ0v) is 17.0. The van der Waals surface area contributed by atoms with Crippen LogP contribution in [0.1, 0.15) is 0 Å². The number of nitrogens with one attached hydrogen (secondary N) is 2. The van der Waals surface area contributed by atoms with Crippen LogP contribution in [-0.2, 0) is 4.79 Å². The van der Waals surface area contributed by atoms with Gasteiger partial charge in [0.25, 0.3) is 0 Å². The number of benzene rings is 2. The topological polar surface area (TPSA) is 99.6 Å². The van der Waals surface area contributed by atoms with Crippen molar-refractivity contribution in [2.75, 3.05) is 37.0 Å². The fourth-order valence-electron chi connectivity index (χ4n) is 3.18. The van der Waals surface area contributed by atoms with E-state index in [2.05, 4.69) is 20.6 Å². The van der Waals surface area contributed by atoms with Crippen molar-refractivity contribution >= 4 is 34.8 Å². The number of carbonyl (C=O) groups is 1. The Morgan fingerprint density at radius 2 is 1.97 bits per heavy atom. The van der Waals surface area contributed by atoms with Gasteiger partial charge in [0, 0.05) is 42.8 Å². The number of rotatable bonds is 5. The highest BCUT2D eigenvalue weighted by molar-refractivity contribution is 6.32. The van der Waals surface area contributed by atoms with E-state index < -0.39 is 0 Å². The summed E-state index contributed by atoms with van der Waals surface area (Å²) in [5.74, 6) is 0.996. The number of nitrogens with zero attached hydrogens (tertiary/aromatic N) is 3. The molecule has 2 aromatic carbocycles. The summed E-state index contributed by atoms with van der Waals surface area (Å²) in [7, 11) is 1.57. The molecule has 30 heavy (non-hydrogen) atoms. The molecule has 1 saturated heterocycles. The fraction of sp³-hybridized carbons (Fsp3) is 0.190. The molecule has 8 nitrogen and oxygen atoms in total. The highest BCUT2D eigenvalue weighted by atomic mass is 35.5. The van der Waals surface area contributed by atoms with Crippen molar-refractivity contribution in [1.82, 2.24) is 15.3 Å². The lowest BCUT2D eigenvalue weighted by Gasteiger charge is -2.28. The minimum absolute atomic E-state index is 0.00385. The van der Waals surface area contributed by atoms with Gasteiger partial charge in [0.1, 0.15) is 11.5 Å². The summed E-state index contributed by atoms with van der Waals surface area (Å²) in [5.41, 5.74) is 2.96. The third kappa shape index (κ3) is 4.14. The summed E-state index contributed by atoms with van der Waals surface area (Å²) in [6, 6.07) is 10.5. The van der Waals surface area contributed by atoms with Crippen molar-refractivity contribution in [3.05, 3.63) is 53.8 Å². The molecular formula is C21H20ClN5O3. The zero-order chi connectivity index (χ0) is 21.1. The summed E-state index contributed by atoms with van der Waals surface area (Å²) < 4.78 is 5.49. The Morgan fingerprint density at radius 3 is 2.67 bits per heavy atom. The van der Waals surface area contributed by atoms with E-state index in [0.29, 0.717) is 30.5 Å². The van der Waals surface area contributed by atoms with Crippen molar-refractivity contribution in [1.29, 1.82) is 0 Å². The van der Waals surface area contributed by atoms with Crippen LogP contribution in [0.15, 0.2) is 48.8 Å². The number of aromatic hydroxyl groups is 1. The van der Waals surface area contributed by atoms with E-state index in [9.17, 15) is 9.90 Å². The van der Waals surface area contributed by atoms with Gasteiger partial charge in [0.15, 0.2) is 0 Å². The van der Waals surface area contributed by atoms with Crippen molar-refractivity contribution in [3.8, 4) is 22.6 Å². The smallest absolute Gasteiger partial charge is 0.240 e. The highest BCUT2D eigenvalue weighted by Gasteiger charge is 2.20. The Kier molecular flexibility index (Phi) is 5.69. The molecule has 0 bridgehead atoms. The molecule has 0 saturated carbocycles. The first-order valence-corrected chi connectivity index (χ1v) is 9.70. The van der Waals surface area contributed by atoms with Crippen LogP contribution in [0.3, 0.4) is 0 Å². The largest absolute Gasteiger partial charge is 0.506 e. The molecule has 1 amide bonds. The van der Waals surface area contributed by atoms with Gasteiger partial charge < -0.3 is 25.4 Å². The van der Waals surface area contributed by atoms with Crippen LogP contribution in [0.2, 0.25) is 5.02 Å². The Balaban J connectivity index is 1.53. The first-order valence-electron chi connectivity index (χ1n) is 9.32. The van der Waals surface area contributed by atoms with Crippen LogP contribution in [0, 0.1) is 0 Å². The monoisotopic (exact) mass is 425 g/mol. The van der Waals surface area contributed by atoms with Crippen LogP contribution in [-0.4, -0.2) is 47.7 Å². The number of ether oxygens (including phenoxy) is 1. The van der Waals surface area contributed by atoms with E-state index in [-0.39, 0.29) is 16.7 Å². The minimum atomic E-state index is 0.00385. The van der Waals surface area contributed by atoms with Crippen molar-refractivity contribution < 1.29 is 14.6 Å². The number of phenols is 1. The number of piperazine rings is 1. The van der Waals surface area contributed by atoms with Crippen molar-refractivity contribution in [2.24, 2.45) is 0 Å². The van der Waals surface area contributed by atoms with Crippen LogP contribution < -0.4 is 20.3 Å².